The van der Waals surface area contributed by atoms with Crippen LogP contribution in [0.5, 0.6) is 5.75 Å². The summed E-state index contributed by atoms with van der Waals surface area (Å²) >= 11 is 0. The third-order valence-corrected chi connectivity index (χ3v) is 5.36. The number of rotatable bonds is 16. The van der Waals surface area contributed by atoms with Gasteiger partial charge in [-0.3, -0.25) is 24.2 Å². The summed E-state index contributed by atoms with van der Waals surface area (Å²) in [7, 11) is 0. The average Bonchev–Trinajstić information content (AvgIpc) is 2.84. The van der Waals surface area contributed by atoms with Gasteiger partial charge in [-0.1, -0.05) is 12.1 Å². The van der Waals surface area contributed by atoms with Crippen molar-refractivity contribution in [3.05, 3.63) is 29.8 Å². The second-order valence-electron chi connectivity index (χ2n) is 8.71. The summed E-state index contributed by atoms with van der Waals surface area (Å²) in [5, 5.41) is 44.0. The van der Waals surface area contributed by atoms with E-state index in [9.17, 15) is 44.4 Å². The van der Waals surface area contributed by atoms with Crippen LogP contribution < -0.4 is 33.2 Å². The van der Waals surface area contributed by atoms with E-state index >= 15 is 0 Å². The van der Waals surface area contributed by atoms with E-state index in [4.69, 9.17) is 17.2 Å². The fourth-order valence-corrected chi connectivity index (χ4v) is 3.33. The fourth-order valence-electron chi connectivity index (χ4n) is 3.33. The number of carbonyl (C=O) groups excluding carboxylic acids is 3. The van der Waals surface area contributed by atoms with Crippen molar-refractivity contribution in [1.29, 1.82) is 0 Å². The van der Waals surface area contributed by atoms with Crippen LogP contribution in [0.2, 0.25) is 0 Å². The normalized spacial score (nSPS) is 14.5. The third-order valence-electron chi connectivity index (χ3n) is 5.36. The number of amides is 3. The van der Waals surface area contributed by atoms with Crippen LogP contribution in [-0.2, 0) is 30.4 Å². The SMILES string of the molecule is CC(O)C(NC(=O)C(CC(=O)O)NC(=O)C(CCCN=C(N)N)NC(=O)C(N)Cc1ccc(O)cc1)C(=O)O. The molecule has 0 bridgehead atoms. The van der Waals surface area contributed by atoms with Crippen molar-refractivity contribution in [3.8, 4) is 5.75 Å². The number of phenols is 1. The van der Waals surface area contributed by atoms with Crippen molar-refractivity contribution < 1.29 is 44.4 Å². The molecule has 0 aliphatic carbocycles. The van der Waals surface area contributed by atoms with Crippen molar-refractivity contribution in [1.82, 2.24) is 16.0 Å². The van der Waals surface area contributed by atoms with Gasteiger partial charge in [-0.2, -0.15) is 0 Å². The van der Waals surface area contributed by atoms with Crippen LogP contribution in [0, 0.1) is 0 Å². The van der Waals surface area contributed by atoms with E-state index in [1.807, 2.05) is 5.32 Å². The maximum atomic E-state index is 13.1. The number of carboxylic acids is 2. The van der Waals surface area contributed by atoms with Gasteiger partial charge in [0.25, 0.3) is 0 Å². The molecule has 0 fully saturated rings. The van der Waals surface area contributed by atoms with E-state index in [0.29, 0.717) is 5.56 Å². The van der Waals surface area contributed by atoms with Gasteiger partial charge < -0.3 is 53.6 Å². The van der Waals surface area contributed by atoms with E-state index in [1.54, 1.807) is 12.1 Å². The van der Waals surface area contributed by atoms with Gasteiger partial charge >= 0.3 is 11.9 Å². The highest BCUT2D eigenvalue weighted by molar-refractivity contribution is 5.95. The lowest BCUT2D eigenvalue weighted by molar-refractivity contribution is -0.146. The average molecular weight is 554 g/mol. The number of aliphatic carboxylic acids is 2. The lowest BCUT2D eigenvalue weighted by Gasteiger charge is -2.25. The first-order valence-corrected chi connectivity index (χ1v) is 11.8. The van der Waals surface area contributed by atoms with E-state index < -0.39 is 66.4 Å². The molecule has 39 heavy (non-hydrogen) atoms. The van der Waals surface area contributed by atoms with Gasteiger partial charge in [0.2, 0.25) is 17.7 Å². The summed E-state index contributed by atoms with van der Waals surface area (Å²) in [6.07, 6.45) is -2.21. The van der Waals surface area contributed by atoms with E-state index in [0.717, 1.165) is 6.92 Å². The minimum atomic E-state index is -1.77. The van der Waals surface area contributed by atoms with Gasteiger partial charge in [-0.15, -0.1) is 0 Å². The number of aliphatic imine (C=N–C) groups is 1. The molecule has 16 nitrogen and oxygen atoms in total. The minimum Gasteiger partial charge on any atom is -0.508 e. The van der Waals surface area contributed by atoms with Gasteiger partial charge in [-0.05, 0) is 43.9 Å². The number of carbonyl (C=O) groups is 5. The molecule has 1 aromatic carbocycles. The van der Waals surface area contributed by atoms with Crippen LogP contribution in [0.15, 0.2) is 29.3 Å². The molecular weight excluding hydrogens is 518 g/mol. The number of hydrogen-bond donors (Lipinski definition) is 10. The van der Waals surface area contributed by atoms with E-state index in [-0.39, 0.29) is 37.5 Å². The van der Waals surface area contributed by atoms with E-state index in [2.05, 4.69) is 15.6 Å². The Kier molecular flexibility index (Phi) is 13.1. The zero-order valence-corrected chi connectivity index (χ0v) is 21.2. The van der Waals surface area contributed by atoms with Gasteiger partial charge in [0.1, 0.15) is 17.8 Å². The standard InChI is InChI=1S/C23H35N7O9/c1-11(31)18(22(38)39)30-21(37)16(10-17(33)34)29-20(36)15(3-2-8-27-23(25)26)28-19(35)14(24)9-12-4-6-13(32)7-5-12/h4-7,11,14-16,18,31-32H,2-3,8-10,24H2,1H3,(H,28,35)(H,29,36)(H,30,37)(H,33,34)(H,38,39)(H4,25,26,27). The van der Waals surface area contributed by atoms with Crippen LogP contribution in [-0.4, -0.2) is 92.9 Å². The molecule has 5 unspecified atom stereocenters. The topological polar surface area (TPSA) is 293 Å². The van der Waals surface area contributed by atoms with Gasteiger partial charge in [0, 0.05) is 6.54 Å². The molecule has 13 N–H and O–H groups in total. The first-order chi connectivity index (χ1) is 18.2. The number of benzene rings is 1. The molecule has 3 amide bonds. The molecule has 5 atom stereocenters. The second-order valence-corrected chi connectivity index (χ2v) is 8.71. The maximum absolute atomic E-state index is 13.1. The Hall–Kier alpha value is -4.44. The number of aliphatic hydroxyl groups is 1. The Balaban J connectivity index is 3.05. The Bertz CT molecular complexity index is 1040. The largest absolute Gasteiger partial charge is 0.508 e. The zero-order chi connectivity index (χ0) is 29.7. The van der Waals surface area contributed by atoms with Crippen molar-refractivity contribution in [3.63, 3.8) is 0 Å². The Morgan fingerprint density at radius 3 is 2.00 bits per heavy atom. The summed E-state index contributed by atoms with van der Waals surface area (Å²) in [6.45, 7) is 1.20. The van der Waals surface area contributed by atoms with Crippen molar-refractivity contribution in [2.45, 2.75) is 62.9 Å². The van der Waals surface area contributed by atoms with Crippen LogP contribution in [0.25, 0.3) is 0 Å². The number of nitrogens with zero attached hydrogens (tertiary/aromatic N) is 1. The molecule has 0 aliphatic heterocycles. The first kappa shape index (κ1) is 32.6. The second kappa shape index (κ2) is 15.7. The highest BCUT2D eigenvalue weighted by Gasteiger charge is 2.33. The van der Waals surface area contributed by atoms with Crippen LogP contribution in [0.4, 0.5) is 0 Å². The summed E-state index contributed by atoms with van der Waals surface area (Å²) in [4.78, 5) is 64.8. The van der Waals surface area contributed by atoms with Gasteiger partial charge in [-0.25, -0.2) is 4.79 Å². The fraction of sp³-hybridized carbons (Fsp3) is 0.478. The number of carboxylic acid groups (broad SMARTS) is 2. The molecule has 0 spiro atoms. The monoisotopic (exact) mass is 553 g/mol. The molecule has 0 heterocycles. The third kappa shape index (κ3) is 12.1. The summed E-state index contributed by atoms with van der Waals surface area (Å²) in [5.74, 6) is -6.08. The molecule has 0 saturated carbocycles. The predicted molar refractivity (Wildman–Crippen MR) is 137 cm³/mol. The van der Waals surface area contributed by atoms with Crippen molar-refractivity contribution in [2.24, 2.45) is 22.2 Å². The number of nitrogens with two attached hydrogens (primary N) is 3. The summed E-state index contributed by atoms with van der Waals surface area (Å²) in [6, 6.07) is 0.0530. The Labute approximate surface area is 223 Å². The Morgan fingerprint density at radius 1 is 0.923 bits per heavy atom. The molecule has 1 aromatic rings. The first-order valence-electron chi connectivity index (χ1n) is 11.8. The predicted octanol–water partition coefficient (Wildman–Crippen LogP) is -3.29. The molecule has 0 aromatic heterocycles. The smallest absolute Gasteiger partial charge is 0.328 e. The van der Waals surface area contributed by atoms with Crippen LogP contribution in [0.1, 0.15) is 31.7 Å². The summed E-state index contributed by atoms with van der Waals surface area (Å²) in [5.41, 5.74) is 17.2. The quantitative estimate of drug-likeness (QED) is 0.0547. The minimum absolute atomic E-state index is 0.0253. The van der Waals surface area contributed by atoms with Crippen LogP contribution in [0.3, 0.4) is 0 Å². The molecule has 0 aliphatic rings. The lowest BCUT2D eigenvalue weighted by atomic mass is 10.0. The number of aromatic hydroxyl groups is 1. The molecule has 0 radical (unpaired) electrons. The lowest BCUT2D eigenvalue weighted by Crippen LogP contribution is -2.58. The molecular formula is C23H35N7O9. The number of guanidine groups is 1. The molecule has 216 valence electrons. The number of aliphatic hydroxyl groups excluding tert-OH is 1. The Morgan fingerprint density at radius 2 is 1.49 bits per heavy atom. The zero-order valence-electron chi connectivity index (χ0n) is 21.2. The van der Waals surface area contributed by atoms with Gasteiger partial charge in [0.05, 0.1) is 18.6 Å². The van der Waals surface area contributed by atoms with E-state index in [1.165, 1.54) is 12.1 Å². The summed E-state index contributed by atoms with van der Waals surface area (Å²) < 4.78 is 0. The van der Waals surface area contributed by atoms with Crippen molar-refractivity contribution in [2.75, 3.05) is 6.54 Å². The number of nitrogens with one attached hydrogen (secondary N) is 3. The highest BCUT2D eigenvalue weighted by Crippen LogP contribution is 2.11. The molecule has 1 rings (SSSR count). The number of hydrogen-bond acceptors (Lipinski definition) is 9. The molecule has 16 heteroatoms. The van der Waals surface area contributed by atoms with Crippen LogP contribution >= 0.6 is 0 Å². The maximum Gasteiger partial charge on any atom is 0.328 e. The highest BCUT2D eigenvalue weighted by atomic mass is 16.4. The molecule has 0 saturated heterocycles. The van der Waals surface area contributed by atoms with Gasteiger partial charge in [0.15, 0.2) is 12.0 Å². The number of phenolic OH excluding ortho intramolecular Hbond substituents is 1. The van der Waals surface area contributed by atoms with Crippen molar-refractivity contribution >= 4 is 35.6 Å².